The molecule has 0 aliphatic rings. The van der Waals surface area contributed by atoms with Gasteiger partial charge in [0.25, 0.3) is 5.91 Å². The normalized spacial score (nSPS) is 9.96. The van der Waals surface area contributed by atoms with Gasteiger partial charge in [-0.25, -0.2) is 0 Å². The fourth-order valence-corrected chi connectivity index (χ4v) is 1.97. The minimum absolute atomic E-state index is 0.144. The number of rotatable bonds is 8. The maximum atomic E-state index is 11.7. The van der Waals surface area contributed by atoms with Gasteiger partial charge in [0.05, 0.1) is 12.1 Å². The molecule has 5 heteroatoms. The first-order valence-corrected chi connectivity index (χ1v) is 7.32. The van der Waals surface area contributed by atoms with Gasteiger partial charge in [0.15, 0.2) is 12.9 Å². The Bertz CT molecular complexity index is 670. The van der Waals surface area contributed by atoms with Crippen molar-refractivity contribution in [3.8, 4) is 11.5 Å². The van der Waals surface area contributed by atoms with Gasteiger partial charge in [-0.15, -0.1) is 0 Å². The van der Waals surface area contributed by atoms with E-state index in [4.69, 9.17) is 9.47 Å². The zero-order chi connectivity index (χ0) is 16.5. The predicted octanol–water partition coefficient (Wildman–Crippen LogP) is 2.38. The first-order chi connectivity index (χ1) is 11.2. The average molecular weight is 313 g/mol. The molecule has 0 aromatic heterocycles. The lowest BCUT2D eigenvalue weighted by atomic mass is 10.2. The largest absolute Gasteiger partial charge is 0.492 e. The van der Waals surface area contributed by atoms with E-state index in [2.05, 4.69) is 5.32 Å². The van der Waals surface area contributed by atoms with Crippen molar-refractivity contribution < 1.29 is 19.1 Å². The van der Waals surface area contributed by atoms with Crippen LogP contribution in [-0.4, -0.2) is 32.0 Å². The summed E-state index contributed by atoms with van der Waals surface area (Å²) in [6.07, 6.45) is 0.697. The number of nitrogens with one attached hydrogen (secondary N) is 1. The highest BCUT2D eigenvalue weighted by molar-refractivity contribution is 5.80. The minimum atomic E-state index is -0.265. The molecule has 5 nitrogen and oxygen atoms in total. The first kappa shape index (κ1) is 16.5. The number of hydrogen-bond acceptors (Lipinski definition) is 4. The monoisotopic (exact) mass is 313 g/mol. The Morgan fingerprint density at radius 2 is 1.96 bits per heavy atom. The van der Waals surface area contributed by atoms with Crippen LogP contribution < -0.4 is 14.8 Å². The Morgan fingerprint density at radius 1 is 1.13 bits per heavy atom. The van der Waals surface area contributed by atoms with Crippen LogP contribution in [0.2, 0.25) is 0 Å². The number of ether oxygens (including phenoxy) is 2. The summed E-state index contributed by atoms with van der Waals surface area (Å²) in [7, 11) is 0. The van der Waals surface area contributed by atoms with Crippen molar-refractivity contribution in [1.29, 1.82) is 0 Å². The van der Waals surface area contributed by atoms with E-state index in [1.807, 2.05) is 31.2 Å². The quantitative estimate of drug-likeness (QED) is 0.600. The molecule has 0 bridgehead atoms. The number of carbonyl (C=O) groups excluding carboxylic acids is 2. The highest BCUT2D eigenvalue weighted by Crippen LogP contribution is 2.15. The standard InChI is InChI=1S/C18H19NO4/c1-14-5-4-7-16(11-14)22-10-9-19-18(21)13-23-17-8-3-2-6-15(17)12-20/h2-8,11-12H,9-10,13H2,1H3,(H,19,21). The molecule has 2 aromatic rings. The highest BCUT2D eigenvalue weighted by atomic mass is 16.5. The second kappa shape index (κ2) is 8.58. The SMILES string of the molecule is Cc1cccc(OCCNC(=O)COc2ccccc2C=O)c1. The van der Waals surface area contributed by atoms with Crippen LogP contribution in [0.1, 0.15) is 15.9 Å². The summed E-state index contributed by atoms with van der Waals surface area (Å²) in [5.74, 6) is 0.905. The molecule has 0 saturated heterocycles. The molecule has 0 saturated carbocycles. The lowest BCUT2D eigenvalue weighted by molar-refractivity contribution is -0.123. The molecule has 120 valence electrons. The number of amides is 1. The van der Waals surface area contributed by atoms with Gasteiger partial charge in [0, 0.05) is 0 Å². The van der Waals surface area contributed by atoms with E-state index in [1.54, 1.807) is 24.3 Å². The molecule has 0 aliphatic heterocycles. The molecular formula is C18H19NO4. The zero-order valence-corrected chi connectivity index (χ0v) is 13.0. The fourth-order valence-electron chi connectivity index (χ4n) is 1.97. The average Bonchev–Trinajstić information content (AvgIpc) is 2.57. The van der Waals surface area contributed by atoms with Crippen LogP contribution in [0.4, 0.5) is 0 Å². The van der Waals surface area contributed by atoms with E-state index in [9.17, 15) is 9.59 Å². The van der Waals surface area contributed by atoms with Crippen molar-refractivity contribution in [2.45, 2.75) is 6.92 Å². The van der Waals surface area contributed by atoms with Crippen LogP contribution in [0.15, 0.2) is 48.5 Å². The van der Waals surface area contributed by atoms with E-state index in [0.717, 1.165) is 11.3 Å². The van der Waals surface area contributed by atoms with Gasteiger partial charge in [-0.05, 0) is 36.8 Å². The van der Waals surface area contributed by atoms with Crippen LogP contribution in [0, 0.1) is 6.92 Å². The molecule has 2 aromatic carbocycles. The number of hydrogen-bond donors (Lipinski definition) is 1. The van der Waals surface area contributed by atoms with Gasteiger partial charge >= 0.3 is 0 Å². The fraction of sp³-hybridized carbons (Fsp3) is 0.222. The van der Waals surface area contributed by atoms with E-state index in [-0.39, 0.29) is 12.5 Å². The summed E-state index contributed by atoms with van der Waals surface area (Å²) < 4.78 is 10.9. The van der Waals surface area contributed by atoms with E-state index < -0.39 is 0 Å². The summed E-state index contributed by atoms with van der Waals surface area (Å²) in [4.78, 5) is 22.5. The van der Waals surface area contributed by atoms with Crippen molar-refractivity contribution in [2.75, 3.05) is 19.8 Å². The molecule has 2 rings (SSSR count). The summed E-state index contributed by atoms with van der Waals surface area (Å²) in [5, 5.41) is 2.70. The molecule has 0 spiro atoms. The van der Waals surface area contributed by atoms with Crippen molar-refractivity contribution >= 4 is 12.2 Å². The summed E-state index contributed by atoms with van der Waals surface area (Å²) in [6.45, 7) is 2.60. The Morgan fingerprint density at radius 3 is 2.74 bits per heavy atom. The van der Waals surface area contributed by atoms with Gasteiger partial charge in [-0.3, -0.25) is 9.59 Å². The van der Waals surface area contributed by atoms with Crippen molar-refractivity contribution in [3.63, 3.8) is 0 Å². The van der Waals surface area contributed by atoms with E-state index in [1.165, 1.54) is 0 Å². The highest BCUT2D eigenvalue weighted by Gasteiger charge is 2.05. The predicted molar refractivity (Wildman–Crippen MR) is 87.0 cm³/mol. The number of aryl methyl sites for hydroxylation is 1. The smallest absolute Gasteiger partial charge is 0.258 e. The number of benzene rings is 2. The van der Waals surface area contributed by atoms with Crippen LogP contribution in [0.25, 0.3) is 0 Å². The van der Waals surface area contributed by atoms with Crippen molar-refractivity contribution in [2.24, 2.45) is 0 Å². The van der Waals surface area contributed by atoms with Gasteiger partial charge in [0.2, 0.25) is 0 Å². The van der Waals surface area contributed by atoms with Crippen LogP contribution in [0.3, 0.4) is 0 Å². The Labute approximate surface area is 135 Å². The summed E-state index contributed by atoms with van der Waals surface area (Å²) in [6, 6.07) is 14.5. The second-order valence-electron chi connectivity index (χ2n) is 4.96. The molecule has 0 fully saturated rings. The summed E-state index contributed by atoms with van der Waals surface area (Å²) in [5.41, 5.74) is 1.54. The maximum absolute atomic E-state index is 11.7. The third-order valence-electron chi connectivity index (χ3n) is 3.09. The van der Waals surface area contributed by atoms with Crippen LogP contribution in [0.5, 0.6) is 11.5 Å². The third kappa shape index (κ3) is 5.47. The molecular weight excluding hydrogens is 294 g/mol. The minimum Gasteiger partial charge on any atom is -0.492 e. The number of para-hydroxylation sites is 1. The molecule has 0 heterocycles. The van der Waals surface area contributed by atoms with Crippen molar-refractivity contribution in [3.05, 3.63) is 59.7 Å². The van der Waals surface area contributed by atoms with Gasteiger partial charge in [-0.1, -0.05) is 24.3 Å². The molecule has 0 radical (unpaired) electrons. The zero-order valence-electron chi connectivity index (χ0n) is 13.0. The van der Waals surface area contributed by atoms with E-state index in [0.29, 0.717) is 30.8 Å². The molecule has 1 amide bonds. The Hall–Kier alpha value is -2.82. The van der Waals surface area contributed by atoms with E-state index >= 15 is 0 Å². The number of carbonyl (C=O) groups is 2. The lowest BCUT2D eigenvalue weighted by Crippen LogP contribution is -2.32. The Balaban J connectivity index is 1.68. The van der Waals surface area contributed by atoms with Crippen molar-refractivity contribution in [1.82, 2.24) is 5.32 Å². The van der Waals surface area contributed by atoms with Gasteiger partial charge in [0.1, 0.15) is 18.1 Å². The third-order valence-corrected chi connectivity index (χ3v) is 3.09. The summed E-state index contributed by atoms with van der Waals surface area (Å²) >= 11 is 0. The van der Waals surface area contributed by atoms with Crippen LogP contribution >= 0.6 is 0 Å². The topological polar surface area (TPSA) is 64.6 Å². The van der Waals surface area contributed by atoms with Gasteiger partial charge in [-0.2, -0.15) is 0 Å². The number of aldehydes is 1. The van der Waals surface area contributed by atoms with Crippen LogP contribution in [-0.2, 0) is 4.79 Å². The maximum Gasteiger partial charge on any atom is 0.258 e. The molecule has 23 heavy (non-hydrogen) atoms. The first-order valence-electron chi connectivity index (χ1n) is 7.32. The molecule has 0 atom stereocenters. The molecule has 0 unspecified atom stereocenters. The van der Waals surface area contributed by atoms with Gasteiger partial charge < -0.3 is 14.8 Å². The molecule has 1 N–H and O–H groups in total. The molecule has 0 aliphatic carbocycles. The Kier molecular flexibility index (Phi) is 6.17. The second-order valence-corrected chi connectivity index (χ2v) is 4.96. The lowest BCUT2D eigenvalue weighted by Gasteiger charge is -2.10.